The summed E-state index contributed by atoms with van der Waals surface area (Å²) >= 11 is 0. The third-order valence-corrected chi connectivity index (χ3v) is 3.44. The normalized spacial score (nSPS) is 41.4. The van der Waals surface area contributed by atoms with Gasteiger partial charge in [-0.3, -0.25) is 5.32 Å². The van der Waals surface area contributed by atoms with E-state index < -0.39 is 0 Å². The summed E-state index contributed by atoms with van der Waals surface area (Å²) in [5.74, 6) is 0.644. The Kier molecular flexibility index (Phi) is 2.06. The fourth-order valence-electron chi connectivity index (χ4n) is 2.72. The first-order valence-corrected chi connectivity index (χ1v) is 5.04. The van der Waals surface area contributed by atoms with E-state index in [-0.39, 0.29) is 5.54 Å². The number of nitrogens with zero attached hydrogens (tertiary/aromatic N) is 1. The Bertz CT molecular complexity index is 192. The summed E-state index contributed by atoms with van der Waals surface area (Å²) in [6, 6.07) is 2.51. The van der Waals surface area contributed by atoms with Crippen molar-refractivity contribution in [2.45, 2.75) is 44.1 Å². The lowest BCUT2D eigenvalue weighted by molar-refractivity contribution is 0.153. The third-order valence-electron chi connectivity index (χ3n) is 3.44. The summed E-state index contributed by atoms with van der Waals surface area (Å²) in [5, 5.41) is 12.6. The SMILES string of the molecule is N#C[C@]12CCCC[C@@H]1CCCN2. The Morgan fingerprint density at radius 1 is 1.25 bits per heavy atom. The fraction of sp³-hybridized carbons (Fsp3) is 0.900. The monoisotopic (exact) mass is 164 g/mol. The molecule has 2 aliphatic rings. The van der Waals surface area contributed by atoms with Crippen molar-refractivity contribution in [2.75, 3.05) is 6.54 Å². The van der Waals surface area contributed by atoms with Crippen molar-refractivity contribution < 1.29 is 0 Å². The van der Waals surface area contributed by atoms with Gasteiger partial charge < -0.3 is 0 Å². The second-order valence-electron chi connectivity index (χ2n) is 4.09. The molecule has 0 unspecified atom stereocenters. The predicted octanol–water partition coefficient (Wildman–Crippen LogP) is 1.82. The molecule has 1 N–H and O–H groups in total. The zero-order valence-corrected chi connectivity index (χ0v) is 7.47. The maximum atomic E-state index is 9.16. The zero-order valence-electron chi connectivity index (χ0n) is 7.47. The van der Waals surface area contributed by atoms with Crippen LogP contribution >= 0.6 is 0 Å². The molecule has 0 aromatic heterocycles. The van der Waals surface area contributed by atoms with Crippen LogP contribution in [0.2, 0.25) is 0 Å². The molecule has 0 amide bonds. The minimum atomic E-state index is -0.128. The molecule has 1 aliphatic carbocycles. The summed E-state index contributed by atoms with van der Waals surface area (Å²) in [5.41, 5.74) is -0.128. The van der Waals surface area contributed by atoms with E-state index >= 15 is 0 Å². The molecule has 1 saturated carbocycles. The van der Waals surface area contributed by atoms with E-state index in [9.17, 15) is 0 Å². The molecule has 66 valence electrons. The number of nitrogens with one attached hydrogen (secondary N) is 1. The highest BCUT2D eigenvalue weighted by Crippen LogP contribution is 2.38. The van der Waals surface area contributed by atoms with Crippen molar-refractivity contribution >= 4 is 0 Å². The van der Waals surface area contributed by atoms with Crippen LogP contribution in [0.25, 0.3) is 0 Å². The zero-order chi connectivity index (χ0) is 8.44. The van der Waals surface area contributed by atoms with Crippen molar-refractivity contribution in [2.24, 2.45) is 5.92 Å². The first-order valence-electron chi connectivity index (χ1n) is 5.04. The van der Waals surface area contributed by atoms with Gasteiger partial charge in [0.2, 0.25) is 0 Å². The van der Waals surface area contributed by atoms with Crippen molar-refractivity contribution in [3.63, 3.8) is 0 Å². The Morgan fingerprint density at radius 2 is 2.08 bits per heavy atom. The molecule has 1 heterocycles. The Hall–Kier alpha value is -0.550. The quantitative estimate of drug-likeness (QED) is 0.593. The molecule has 0 aromatic carbocycles. The maximum absolute atomic E-state index is 9.16. The lowest BCUT2D eigenvalue weighted by Crippen LogP contribution is -2.55. The minimum Gasteiger partial charge on any atom is -0.299 e. The molecule has 12 heavy (non-hydrogen) atoms. The molecule has 2 atom stereocenters. The van der Waals surface area contributed by atoms with Crippen LogP contribution < -0.4 is 5.32 Å². The number of nitriles is 1. The molecular formula is C10H16N2. The molecule has 0 bridgehead atoms. The third kappa shape index (κ3) is 1.13. The Morgan fingerprint density at radius 3 is 2.83 bits per heavy atom. The molecule has 0 aromatic rings. The number of hydrogen-bond acceptors (Lipinski definition) is 2. The number of hydrogen-bond donors (Lipinski definition) is 1. The lowest BCUT2D eigenvalue weighted by Gasteiger charge is -2.43. The topological polar surface area (TPSA) is 35.8 Å². The van der Waals surface area contributed by atoms with Crippen molar-refractivity contribution in [3.05, 3.63) is 0 Å². The molecule has 2 nitrogen and oxygen atoms in total. The predicted molar refractivity (Wildman–Crippen MR) is 47.5 cm³/mol. The number of rotatable bonds is 0. The van der Waals surface area contributed by atoms with Crippen LogP contribution in [0.15, 0.2) is 0 Å². The van der Waals surface area contributed by atoms with Gasteiger partial charge in [-0.15, -0.1) is 0 Å². The maximum Gasteiger partial charge on any atom is 0.109 e. The molecule has 0 radical (unpaired) electrons. The van der Waals surface area contributed by atoms with Gasteiger partial charge in [-0.25, -0.2) is 0 Å². The van der Waals surface area contributed by atoms with Gasteiger partial charge in [0.1, 0.15) is 5.54 Å². The number of fused-ring (bicyclic) bond motifs is 1. The van der Waals surface area contributed by atoms with Gasteiger partial charge in [0.25, 0.3) is 0 Å². The van der Waals surface area contributed by atoms with E-state index in [4.69, 9.17) is 5.26 Å². The summed E-state index contributed by atoms with van der Waals surface area (Å²) in [6.45, 7) is 1.05. The first kappa shape index (κ1) is 8.07. The second kappa shape index (κ2) is 3.06. The van der Waals surface area contributed by atoms with Crippen molar-refractivity contribution in [3.8, 4) is 6.07 Å². The van der Waals surface area contributed by atoms with E-state index in [0.29, 0.717) is 5.92 Å². The molecule has 2 fully saturated rings. The van der Waals surface area contributed by atoms with E-state index in [1.807, 2.05) is 0 Å². The van der Waals surface area contributed by atoms with Gasteiger partial charge >= 0.3 is 0 Å². The molecular weight excluding hydrogens is 148 g/mol. The van der Waals surface area contributed by atoms with E-state index in [2.05, 4.69) is 11.4 Å². The van der Waals surface area contributed by atoms with Crippen LogP contribution in [0.5, 0.6) is 0 Å². The van der Waals surface area contributed by atoms with E-state index in [1.165, 1.54) is 32.1 Å². The Balaban J connectivity index is 2.16. The first-order chi connectivity index (χ1) is 5.87. The molecule has 1 saturated heterocycles. The van der Waals surface area contributed by atoms with Gasteiger partial charge in [-0.2, -0.15) is 5.26 Å². The van der Waals surface area contributed by atoms with E-state index in [0.717, 1.165) is 13.0 Å². The highest BCUT2D eigenvalue weighted by atomic mass is 15.0. The van der Waals surface area contributed by atoms with Gasteiger partial charge in [-0.1, -0.05) is 12.8 Å². The molecule has 0 spiro atoms. The summed E-state index contributed by atoms with van der Waals surface area (Å²) in [4.78, 5) is 0. The molecule has 2 rings (SSSR count). The summed E-state index contributed by atoms with van der Waals surface area (Å²) < 4.78 is 0. The molecule has 2 heteroatoms. The smallest absolute Gasteiger partial charge is 0.109 e. The van der Waals surface area contributed by atoms with Gasteiger partial charge in [0, 0.05) is 0 Å². The minimum absolute atomic E-state index is 0.128. The van der Waals surface area contributed by atoms with Crippen LogP contribution in [0.3, 0.4) is 0 Å². The van der Waals surface area contributed by atoms with Crippen molar-refractivity contribution in [1.29, 1.82) is 5.26 Å². The van der Waals surface area contributed by atoms with E-state index in [1.54, 1.807) is 0 Å². The van der Waals surface area contributed by atoms with Crippen LogP contribution in [0.1, 0.15) is 38.5 Å². The number of piperidine rings is 1. The molecule has 1 aliphatic heterocycles. The van der Waals surface area contributed by atoms with Gasteiger partial charge in [-0.05, 0) is 38.1 Å². The highest BCUT2D eigenvalue weighted by Gasteiger charge is 2.42. The summed E-state index contributed by atoms with van der Waals surface area (Å²) in [7, 11) is 0. The summed E-state index contributed by atoms with van der Waals surface area (Å²) in [6.07, 6.45) is 7.43. The average Bonchev–Trinajstić information content (AvgIpc) is 2.18. The largest absolute Gasteiger partial charge is 0.299 e. The van der Waals surface area contributed by atoms with Gasteiger partial charge in [0.05, 0.1) is 6.07 Å². The van der Waals surface area contributed by atoms with Crippen LogP contribution in [0.4, 0.5) is 0 Å². The Labute approximate surface area is 74.0 Å². The highest BCUT2D eigenvalue weighted by molar-refractivity contribution is 5.13. The van der Waals surface area contributed by atoms with Crippen molar-refractivity contribution in [1.82, 2.24) is 5.32 Å². The van der Waals surface area contributed by atoms with Gasteiger partial charge in [0.15, 0.2) is 0 Å². The average molecular weight is 164 g/mol. The van der Waals surface area contributed by atoms with Crippen LogP contribution in [-0.4, -0.2) is 12.1 Å². The lowest BCUT2D eigenvalue weighted by atomic mass is 9.70. The van der Waals surface area contributed by atoms with Crippen LogP contribution in [-0.2, 0) is 0 Å². The second-order valence-corrected chi connectivity index (χ2v) is 4.09. The van der Waals surface area contributed by atoms with Crippen LogP contribution in [0, 0.1) is 17.2 Å². The fourth-order valence-corrected chi connectivity index (χ4v) is 2.72. The standard InChI is InChI=1S/C10H16N2/c11-8-10-6-2-1-4-9(10)5-3-7-12-10/h9,12H,1-7H2/t9-,10-/m1/s1.